The van der Waals surface area contributed by atoms with Gasteiger partial charge in [0, 0.05) is 11.4 Å². The number of rotatable bonds is 6. The number of unbranched alkanes of at least 4 members (excludes halogenated alkanes) is 1. The lowest BCUT2D eigenvalue weighted by Crippen LogP contribution is -2.05. The maximum absolute atomic E-state index is 12.3. The van der Waals surface area contributed by atoms with Gasteiger partial charge in [0.1, 0.15) is 11.5 Å². The number of Topliss-reactive ketones (excluding diaryl/α,β-unsaturated/α-hetero) is 1. The molecule has 21 heavy (non-hydrogen) atoms. The Kier molecular flexibility index (Phi) is 4.96. The Morgan fingerprint density at radius 1 is 1.29 bits per heavy atom. The van der Waals surface area contributed by atoms with Crippen molar-refractivity contribution >= 4 is 17.1 Å². The van der Waals surface area contributed by atoms with Crippen molar-refractivity contribution in [3.05, 3.63) is 39.3 Å². The fourth-order valence-electron chi connectivity index (χ4n) is 2.16. The van der Waals surface area contributed by atoms with Crippen LogP contribution in [0.5, 0.6) is 11.5 Å². The van der Waals surface area contributed by atoms with Crippen LogP contribution in [0, 0.1) is 6.92 Å². The third kappa shape index (κ3) is 3.82. The topological polar surface area (TPSA) is 70.4 Å². The molecular formula is C16H19NO3S. The second kappa shape index (κ2) is 6.72. The predicted molar refractivity (Wildman–Crippen MR) is 83.3 cm³/mol. The van der Waals surface area contributed by atoms with Crippen LogP contribution < -0.4 is 0 Å². The fraction of sp³-hybridized carbons (Fsp3) is 0.375. The molecule has 0 aliphatic carbocycles. The number of benzene rings is 1. The molecule has 0 amide bonds. The molecule has 0 spiro atoms. The number of aromatic hydroxyl groups is 2. The molecule has 0 radical (unpaired) electrons. The summed E-state index contributed by atoms with van der Waals surface area (Å²) in [5.41, 5.74) is 1.67. The highest BCUT2D eigenvalue weighted by atomic mass is 32.1. The number of hydrogen-bond donors (Lipinski definition) is 2. The minimum Gasteiger partial charge on any atom is -0.508 e. The van der Waals surface area contributed by atoms with E-state index in [0.717, 1.165) is 17.8 Å². The van der Waals surface area contributed by atoms with Crippen LogP contribution in [0.25, 0.3) is 0 Å². The van der Waals surface area contributed by atoms with Gasteiger partial charge in [0.05, 0.1) is 22.7 Å². The molecule has 2 rings (SSSR count). The standard InChI is InChI=1S/C16H19NO3S/c1-3-4-5-11-6-13(16(20)8-14(11)18)15(19)7-12-9-21-10(2)17-12/h6,8-9,18,20H,3-5,7H2,1-2H3. The Morgan fingerprint density at radius 2 is 2.05 bits per heavy atom. The summed E-state index contributed by atoms with van der Waals surface area (Å²) in [4.78, 5) is 16.6. The number of thiazole rings is 1. The second-order valence-electron chi connectivity index (χ2n) is 5.06. The third-order valence-corrected chi connectivity index (χ3v) is 4.13. The molecule has 0 unspecified atom stereocenters. The maximum Gasteiger partial charge on any atom is 0.172 e. The van der Waals surface area contributed by atoms with Crippen molar-refractivity contribution in [2.24, 2.45) is 0 Å². The van der Waals surface area contributed by atoms with Crippen molar-refractivity contribution in [1.29, 1.82) is 0 Å². The van der Waals surface area contributed by atoms with E-state index in [1.165, 1.54) is 17.4 Å². The molecule has 0 saturated carbocycles. The Labute approximate surface area is 128 Å². The van der Waals surface area contributed by atoms with Crippen LogP contribution in [0.1, 0.15) is 46.4 Å². The summed E-state index contributed by atoms with van der Waals surface area (Å²) < 4.78 is 0. The molecule has 5 heteroatoms. The number of aromatic nitrogens is 1. The minimum atomic E-state index is -0.185. The number of aryl methyl sites for hydroxylation is 2. The van der Waals surface area contributed by atoms with Gasteiger partial charge in [-0.25, -0.2) is 4.98 Å². The Balaban J connectivity index is 2.23. The predicted octanol–water partition coefficient (Wildman–Crippen LogP) is 3.63. The lowest BCUT2D eigenvalue weighted by molar-refractivity contribution is 0.0989. The van der Waals surface area contributed by atoms with Crippen molar-refractivity contribution in [2.75, 3.05) is 0 Å². The normalized spacial score (nSPS) is 10.8. The summed E-state index contributed by atoms with van der Waals surface area (Å²) in [6.07, 6.45) is 2.79. The Morgan fingerprint density at radius 3 is 2.67 bits per heavy atom. The van der Waals surface area contributed by atoms with Gasteiger partial charge in [0.15, 0.2) is 5.78 Å². The van der Waals surface area contributed by atoms with Gasteiger partial charge in [0.25, 0.3) is 0 Å². The molecule has 0 atom stereocenters. The van der Waals surface area contributed by atoms with E-state index < -0.39 is 0 Å². The zero-order valence-corrected chi connectivity index (χ0v) is 13.0. The van der Waals surface area contributed by atoms with Crippen molar-refractivity contribution in [2.45, 2.75) is 39.5 Å². The Bertz CT molecular complexity index is 649. The number of phenols is 2. The highest BCUT2D eigenvalue weighted by molar-refractivity contribution is 7.09. The molecule has 0 saturated heterocycles. The number of ketones is 1. The van der Waals surface area contributed by atoms with Gasteiger partial charge in [-0.05, 0) is 31.4 Å². The maximum atomic E-state index is 12.3. The van der Waals surface area contributed by atoms with Crippen LogP contribution in [0.2, 0.25) is 0 Å². The first-order valence-corrected chi connectivity index (χ1v) is 7.88. The first-order chi connectivity index (χ1) is 10.0. The summed E-state index contributed by atoms with van der Waals surface area (Å²) >= 11 is 1.50. The van der Waals surface area contributed by atoms with Crippen LogP contribution in [-0.4, -0.2) is 21.0 Å². The van der Waals surface area contributed by atoms with Crippen LogP contribution in [-0.2, 0) is 12.8 Å². The number of nitrogens with zero attached hydrogens (tertiary/aromatic N) is 1. The lowest BCUT2D eigenvalue weighted by atomic mass is 9.99. The molecular weight excluding hydrogens is 286 g/mol. The molecule has 1 aromatic carbocycles. The van der Waals surface area contributed by atoms with E-state index >= 15 is 0 Å². The van der Waals surface area contributed by atoms with Gasteiger partial charge in [-0.1, -0.05) is 13.3 Å². The van der Waals surface area contributed by atoms with E-state index in [2.05, 4.69) is 11.9 Å². The monoisotopic (exact) mass is 305 g/mol. The molecule has 0 fully saturated rings. The third-order valence-electron chi connectivity index (χ3n) is 3.31. The first kappa shape index (κ1) is 15.5. The fourth-order valence-corrected chi connectivity index (χ4v) is 2.77. The lowest BCUT2D eigenvalue weighted by Gasteiger charge is -2.09. The highest BCUT2D eigenvalue weighted by Gasteiger charge is 2.16. The average Bonchev–Trinajstić information content (AvgIpc) is 2.83. The quantitative estimate of drug-likeness (QED) is 0.799. The molecule has 0 bridgehead atoms. The first-order valence-electron chi connectivity index (χ1n) is 7.00. The van der Waals surface area contributed by atoms with Crippen molar-refractivity contribution in [3.63, 3.8) is 0 Å². The van der Waals surface area contributed by atoms with Crippen molar-refractivity contribution in [3.8, 4) is 11.5 Å². The highest BCUT2D eigenvalue weighted by Crippen LogP contribution is 2.29. The molecule has 2 N–H and O–H groups in total. The second-order valence-corrected chi connectivity index (χ2v) is 6.12. The zero-order valence-electron chi connectivity index (χ0n) is 12.2. The smallest absolute Gasteiger partial charge is 0.172 e. The van der Waals surface area contributed by atoms with E-state index in [4.69, 9.17) is 0 Å². The number of carbonyl (C=O) groups is 1. The summed E-state index contributed by atoms with van der Waals surface area (Å²) in [7, 11) is 0. The summed E-state index contributed by atoms with van der Waals surface area (Å²) in [5, 5.41) is 22.5. The zero-order chi connectivity index (χ0) is 15.4. The average molecular weight is 305 g/mol. The van der Waals surface area contributed by atoms with E-state index in [1.807, 2.05) is 12.3 Å². The van der Waals surface area contributed by atoms with Gasteiger partial charge < -0.3 is 10.2 Å². The summed E-state index contributed by atoms with van der Waals surface area (Å²) in [6, 6.07) is 2.85. The van der Waals surface area contributed by atoms with Gasteiger partial charge in [-0.15, -0.1) is 11.3 Å². The molecule has 0 aliphatic rings. The summed E-state index contributed by atoms with van der Waals surface area (Å²) in [5.74, 6) is -0.317. The van der Waals surface area contributed by atoms with Crippen LogP contribution in [0.15, 0.2) is 17.5 Å². The molecule has 0 aliphatic heterocycles. The molecule has 4 nitrogen and oxygen atoms in total. The van der Waals surface area contributed by atoms with Crippen molar-refractivity contribution < 1.29 is 15.0 Å². The largest absolute Gasteiger partial charge is 0.508 e. The molecule has 2 aromatic rings. The van der Waals surface area contributed by atoms with Gasteiger partial charge in [0.2, 0.25) is 0 Å². The van der Waals surface area contributed by atoms with Crippen molar-refractivity contribution in [1.82, 2.24) is 4.98 Å². The van der Waals surface area contributed by atoms with Crippen LogP contribution in [0.3, 0.4) is 0 Å². The number of hydrogen-bond acceptors (Lipinski definition) is 5. The summed E-state index contributed by atoms with van der Waals surface area (Å²) in [6.45, 7) is 3.95. The number of carbonyl (C=O) groups excluding carboxylic acids is 1. The van der Waals surface area contributed by atoms with Gasteiger partial charge >= 0.3 is 0 Å². The van der Waals surface area contributed by atoms with Gasteiger partial charge in [-0.2, -0.15) is 0 Å². The molecule has 112 valence electrons. The molecule has 1 aromatic heterocycles. The molecule has 1 heterocycles. The van der Waals surface area contributed by atoms with E-state index in [0.29, 0.717) is 17.7 Å². The number of phenolic OH excluding ortho intramolecular Hbond substituents is 2. The minimum absolute atomic E-state index is 0.0435. The van der Waals surface area contributed by atoms with Crippen LogP contribution in [0.4, 0.5) is 0 Å². The Hall–Kier alpha value is -1.88. The van der Waals surface area contributed by atoms with Gasteiger partial charge in [-0.3, -0.25) is 4.79 Å². The van der Waals surface area contributed by atoms with E-state index in [1.54, 1.807) is 6.07 Å². The van der Waals surface area contributed by atoms with E-state index in [-0.39, 0.29) is 29.3 Å². The van der Waals surface area contributed by atoms with E-state index in [9.17, 15) is 15.0 Å². The van der Waals surface area contributed by atoms with Crippen LogP contribution >= 0.6 is 11.3 Å². The SMILES string of the molecule is CCCCc1cc(C(=O)Cc2csc(C)n2)c(O)cc1O.